The molecule has 0 spiro atoms. The highest BCUT2D eigenvalue weighted by Crippen LogP contribution is 2.35. The van der Waals surface area contributed by atoms with E-state index in [9.17, 15) is 4.79 Å². The number of anilines is 2. The van der Waals surface area contributed by atoms with Crippen LogP contribution >= 0.6 is 23.1 Å². The van der Waals surface area contributed by atoms with Gasteiger partial charge in [0.05, 0.1) is 5.75 Å². The van der Waals surface area contributed by atoms with Crippen LogP contribution in [0.25, 0.3) is 10.2 Å². The van der Waals surface area contributed by atoms with Gasteiger partial charge in [-0.3, -0.25) is 4.79 Å². The molecule has 1 amide bonds. The zero-order valence-electron chi connectivity index (χ0n) is 15.6. The molecule has 1 N–H and O–H groups in total. The van der Waals surface area contributed by atoms with Gasteiger partial charge in [0.1, 0.15) is 15.7 Å². The summed E-state index contributed by atoms with van der Waals surface area (Å²) in [6, 6.07) is 7.80. The number of aryl methyl sites for hydroxylation is 3. The van der Waals surface area contributed by atoms with E-state index >= 15 is 0 Å². The predicted molar refractivity (Wildman–Crippen MR) is 112 cm³/mol. The van der Waals surface area contributed by atoms with E-state index in [4.69, 9.17) is 0 Å². The number of hydrogen-bond donors (Lipinski definition) is 1. The van der Waals surface area contributed by atoms with E-state index in [2.05, 4.69) is 29.1 Å². The third kappa shape index (κ3) is 3.99. The highest BCUT2D eigenvalue weighted by molar-refractivity contribution is 8.00. The third-order valence-electron chi connectivity index (χ3n) is 4.11. The van der Waals surface area contributed by atoms with Crippen LogP contribution in [0, 0.1) is 20.8 Å². The minimum Gasteiger partial charge on any atom is -0.378 e. The third-order valence-corrected chi connectivity index (χ3v) is 6.19. The van der Waals surface area contributed by atoms with Gasteiger partial charge in [0.25, 0.3) is 0 Å². The normalized spacial score (nSPS) is 11.0. The van der Waals surface area contributed by atoms with E-state index in [-0.39, 0.29) is 5.91 Å². The average molecular weight is 387 g/mol. The fourth-order valence-corrected chi connectivity index (χ4v) is 4.66. The molecule has 26 heavy (non-hydrogen) atoms. The highest BCUT2D eigenvalue weighted by atomic mass is 32.2. The summed E-state index contributed by atoms with van der Waals surface area (Å²) in [6.45, 7) is 6.07. The second-order valence-corrected chi connectivity index (χ2v) is 8.48. The Labute approximate surface area is 161 Å². The first-order valence-electron chi connectivity index (χ1n) is 8.29. The van der Waals surface area contributed by atoms with E-state index in [0.29, 0.717) is 5.75 Å². The van der Waals surface area contributed by atoms with Crippen LogP contribution in [0.1, 0.15) is 16.3 Å². The van der Waals surface area contributed by atoms with Gasteiger partial charge in [-0.05, 0) is 50.6 Å². The number of thiophene rings is 1. The smallest absolute Gasteiger partial charge is 0.234 e. The van der Waals surface area contributed by atoms with Gasteiger partial charge in [0, 0.05) is 35.7 Å². The lowest BCUT2D eigenvalue weighted by molar-refractivity contribution is -0.113. The minimum atomic E-state index is -0.0402. The van der Waals surface area contributed by atoms with Crippen LogP contribution in [0.15, 0.2) is 29.3 Å². The lowest BCUT2D eigenvalue weighted by Gasteiger charge is -2.13. The van der Waals surface area contributed by atoms with E-state index in [1.807, 2.05) is 50.2 Å². The van der Waals surface area contributed by atoms with Crippen LogP contribution in [0.2, 0.25) is 0 Å². The SMILES string of the molecule is Cc1nc(SCC(=O)Nc2ccc(N(C)C)cc2)c2c(C)c(C)sc2n1. The second-order valence-electron chi connectivity index (χ2n) is 6.32. The van der Waals surface area contributed by atoms with Crippen molar-refractivity contribution in [3.63, 3.8) is 0 Å². The molecule has 2 aromatic heterocycles. The van der Waals surface area contributed by atoms with Crippen LogP contribution < -0.4 is 10.2 Å². The first-order valence-corrected chi connectivity index (χ1v) is 10.1. The van der Waals surface area contributed by atoms with Gasteiger partial charge in [-0.1, -0.05) is 11.8 Å². The lowest BCUT2D eigenvalue weighted by atomic mass is 10.2. The molecular weight excluding hydrogens is 364 g/mol. The van der Waals surface area contributed by atoms with Gasteiger partial charge in [-0.25, -0.2) is 9.97 Å². The van der Waals surface area contributed by atoms with Gasteiger partial charge in [0.2, 0.25) is 5.91 Å². The quantitative estimate of drug-likeness (QED) is 0.520. The number of nitrogens with one attached hydrogen (secondary N) is 1. The molecule has 0 radical (unpaired) electrons. The summed E-state index contributed by atoms with van der Waals surface area (Å²) in [5, 5.41) is 4.90. The molecule has 2 heterocycles. The van der Waals surface area contributed by atoms with E-state index < -0.39 is 0 Å². The number of thioether (sulfide) groups is 1. The summed E-state index contributed by atoms with van der Waals surface area (Å²) >= 11 is 3.14. The van der Waals surface area contributed by atoms with Gasteiger partial charge in [-0.15, -0.1) is 11.3 Å². The predicted octanol–water partition coefficient (Wildman–Crippen LogP) is 4.41. The molecule has 0 unspecified atom stereocenters. The highest BCUT2D eigenvalue weighted by Gasteiger charge is 2.15. The molecule has 0 saturated carbocycles. The summed E-state index contributed by atoms with van der Waals surface area (Å²) in [7, 11) is 3.98. The molecule has 0 aliphatic rings. The molecule has 3 aromatic rings. The molecule has 0 aliphatic heterocycles. The van der Waals surface area contributed by atoms with Gasteiger partial charge in [-0.2, -0.15) is 0 Å². The van der Waals surface area contributed by atoms with Crippen LogP contribution in [-0.4, -0.2) is 35.7 Å². The summed E-state index contributed by atoms with van der Waals surface area (Å²) < 4.78 is 0. The Morgan fingerprint density at radius 1 is 1.15 bits per heavy atom. The Balaban J connectivity index is 1.70. The zero-order valence-corrected chi connectivity index (χ0v) is 17.2. The Hall–Kier alpha value is -2.12. The van der Waals surface area contributed by atoms with Crippen LogP contribution in [0.4, 0.5) is 11.4 Å². The molecule has 0 atom stereocenters. The fraction of sp³-hybridized carbons (Fsp3) is 0.316. The maximum atomic E-state index is 12.3. The first kappa shape index (κ1) is 18.7. The Kier molecular flexibility index (Phi) is 5.48. The Morgan fingerprint density at radius 3 is 2.50 bits per heavy atom. The van der Waals surface area contributed by atoms with Crippen molar-refractivity contribution < 1.29 is 4.79 Å². The monoisotopic (exact) mass is 386 g/mol. The number of carbonyl (C=O) groups excluding carboxylic acids is 1. The van der Waals surface area contributed by atoms with Crippen LogP contribution in [0.5, 0.6) is 0 Å². The van der Waals surface area contributed by atoms with Crippen molar-refractivity contribution in [3.8, 4) is 0 Å². The van der Waals surface area contributed by atoms with Crippen molar-refractivity contribution in [2.24, 2.45) is 0 Å². The van der Waals surface area contributed by atoms with Crippen molar-refractivity contribution in [1.29, 1.82) is 0 Å². The number of hydrogen-bond acceptors (Lipinski definition) is 6. The lowest BCUT2D eigenvalue weighted by Crippen LogP contribution is -2.14. The number of amides is 1. The largest absolute Gasteiger partial charge is 0.378 e. The van der Waals surface area contributed by atoms with Crippen molar-refractivity contribution in [2.75, 3.05) is 30.1 Å². The van der Waals surface area contributed by atoms with Gasteiger partial charge in [0.15, 0.2) is 0 Å². The van der Waals surface area contributed by atoms with Crippen molar-refractivity contribution in [2.45, 2.75) is 25.8 Å². The number of benzene rings is 1. The average Bonchev–Trinajstić information content (AvgIpc) is 2.87. The van der Waals surface area contributed by atoms with Crippen molar-refractivity contribution in [1.82, 2.24) is 9.97 Å². The van der Waals surface area contributed by atoms with Gasteiger partial charge < -0.3 is 10.2 Å². The summed E-state index contributed by atoms with van der Waals surface area (Å²) in [5.74, 6) is 1.01. The minimum absolute atomic E-state index is 0.0402. The summed E-state index contributed by atoms with van der Waals surface area (Å²) in [4.78, 5) is 25.7. The number of carbonyl (C=O) groups is 1. The second kappa shape index (κ2) is 7.63. The summed E-state index contributed by atoms with van der Waals surface area (Å²) in [6.07, 6.45) is 0. The molecule has 7 heteroatoms. The molecular formula is C19H22N4OS2. The van der Waals surface area contributed by atoms with E-state index in [0.717, 1.165) is 32.4 Å². The van der Waals surface area contributed by atoms with Gasteiger partial charge >= 0.3 is 0 Å². The van der Waals surface area contributed by atoms with E-state index in [1.54, 1.807) is 11.3 Å². The molecule has 0 aliphatic carbocycles. The Bertz CT molecular complexity index is 948. The molecule has 5 nitrogen and oxygen atoms in total. The maximum absolute atomic E-state index is 12.3. The topological polar surface area (TPSA) is 58.1 Å². The number of nitrogens with zero attached hydrogens (tertiary/aromatic N) is 3. The van der Waals surface area contributed by atoms with E-state index in [1.165, 1.54) is 22.2 Å². The van der Waals surface area contributed by atoms with Crippen molar-refractivity contribution >= 4 is 50.6 Å². The number of fused-ring (bicyclic) bond motifs is 1. The molecule has 1 aromatic carbocycles. The molecule has 3 rings (SSSR count). The van der Waals surface area contributed by atoms with Crippen LogP contribution in [0.3, 0.4) is 0 Å². The Morgan fingerprint density at radius 2 is 1.85 bits per heavy atom. The number of aromatic nitrogens is 2. The first-order chi connectivity index (χ1) is 12.3. The van der Waals surface area contributed by atoms with Crippen LogP contribution in [-0.2, 0) is 4.79 Å². The molecule has 0 saturated heterocycles. The fourth-order valence-electron chi connectivity index (χ4n) is 2.59. The van der Waals surface area contributed by atoms with Crippen molar-refractivity contribution in [3.05, 3.63) is 40.5 Å². The zero-order chi connectivity index (χ0) is 18.8. The molecule has 0 fully saturated rings. The summed E-state index contributed by atoms with van der Waals surface area (Å²) in [5.41, 5.74) is 3.10. The standard InChI is InChI=1S/C19H22N4OS2/c1-11-12(2)26-19-17(11)18(20-13(3)21-19)25-10-16(24)22-14-6-8-15(9-7-14)23(4)5/h6-9H,10H2,1-5H3,(H,22,24). The maximum Gasteiger partial charge on any atom is 0.234 e. The number of rotatable bonds is 5. The molecule has 0 bridgehead atoms. The molecule has 136 valence electrons.